The van der Waals surface area contributed by atoms with Crippen LogP contribution in [0.15, 0.2) is 4.99 Å². The average molecular weight is 384 g/mol. The first-order chi connectivity index (χ1) is 13.2. The Balaban J connectivity index is 1.54. The number of carbonyl (C=O) groups excluding carboxylic acids is 1. The van der Waals surface area contributed by atoms with Gasteiger partial charge in [0.1, 0.15) is 0 Å². The highest BCUT2D eigenvalue weighted by Gasteiger charge is 2.18. The van der Waals surface area contributed by atoms with Crippen LogP contribution in [0.4, 0.5) is 0 Å². The zero-order valence-corrected chi connectivity index (χ0v) is 17.0. The number of guanidine groups is 1. The normalized spacial score (nSPS) is 21.5. The Bertz CT molecular complexity index is 447. The van der Waals surface area contributed by atoms with Gasteiger partial charge in [0.05, 0.1) is 13.2 Å². The molecular weight excluding hydrogens is 346 g/mol. The van der Waals surface area contributed by atoms with E-state index in [0.717, 1.165) is 97.6 Å². The van der Waals surface area contributed by atoms with E-state index >= 15 is 0 Å². The van der Waals surface area contributed by atoms with Crippen molar-refractivity contribution in [1.29, 1.82) is 0 Å². The zero-order valence-electron chi connectivity index (χ0n) is 17.0. The van der Waals surface area contributed by atoms with Crippen molar-refractivity contribution in [3.05, 3.63) is 0 Å². The second kappa shape index (κ2) is 12.9. The fourth-order valence-corrected chi connectivity index (χ4v) is 3.28. The van der Waals surface area contributed by atoms with Crippen LogP contribution in [0.5, 0.6) is 0 Å². The molecule has 2 fully saturated rings. The fourth-order valence-electron chi connectivity index (χ4n) is 3.28. The summed E-state index contributed by atoms with van der Waals surface area (Å²) in [6.07, 6.45) is 2.05. The van der Waals surface area contributed by atoms with E-state index in [1.165, 1.54) is 0 Å². The monoisotopic (exact) mass is 383 g/mol. The Labute approximate surface area is 163 Å². The van der Waals surface area contributed by atoms with Crippen LogP contribution in [-0.2, 0) is 14.3 Å². The molecule has 1 atom stereocenters. The van der Waals surface area contributed by atoms with Gasteiger partial charge < -0.3 is 25.0 Å². The molecule has 0 radical (unpaired) electrons. The van der Waals surface area contributed by atoms with Gasteiger partial charge in [0, 0.05) is 78.4 Å². The van der Waals surface area contributed by atoms with E-state index in [2.05, 4.69) is 27.4 Å². The van der Waals surface area contributed by atoms with Crippen LogP contribution >= 0.6 is 0 Å². The Hall–Kier alpha value is -1.38. The standard InChI is InChI=1S/C19H37N5O3/c1-3-20-19(21-6-4-13-26-15-18-5-14-27-16-18)22-7-8-23-9-11-24(12-10-23)17(2)25/h18H,3-16H2,1-2H3,(H2,20,21,22). The summed E-state index contributed by atoms with van der Waals surface area (Å²) in [5, 5.41) is 6.69. The van der Waals surface area contributed by atoms with Crippen LogP contribution in [0, 0.1) is 5.92 Å². The molecule has 1 unspecified atom stereocenters. The topological polar surface area (TPSA) is 78.4 Å². The lowest BCUT2D eigenvalue weighted by Gasteiger charge is -2.34. The first kappa shape index (κ1) is 21.9. The molecule has 0 aromatic carbocycles. The van der Waals surface area contributed by atoms with E-state index in [4.69, 9.17) is 9.47 Å². The summed E-state index contributed by atoms with van der Waals surface area (Å²) in [6.45, 7) is 14.0. The van der Waals surface area contributed by atoms with Crippen LogP contribution in [-0.4, -0.2) is 100 Å². The predicted octanol–water partition coefficient (Wildman–Crippen LogP) is 0.149. The molecule has 0 spiro atoms. The molecular formula is C19H37N5O3. The van der Waals surface area contributed by atoms with Crippen molar-refractivity contribution >= 4 is 11.9 Å². The highest BCUT2D eigenvalue weighted by atomic mass is 16.5. The minimum absolute atomic E-state index is 0.176. The summed E-state index contributed by atoms with van der Waals surface area (Å²) in [4.78, 5) is 20.3. The van der Waals surface area contributed by atoms with Crippen LogP contribution in [0.3, 0.4) is 0 Å². The number of carbonyl (C=O) groups is 1. The smallest absolute Gasteiger partial charge is 0.219 e. The van der Waals surface area contributed by atoms with Crippen molar-refractivity contribution in [1.82, 2.24) is 20.4 Å². The lowest BCUT2D eigenvalue weighted by atomic mass is 10.1. The van der Waals surface area contributed by atoms with Gasteiger partial charge in [-0.05, 0) is 19.8 Å². The van der Waals surface area contributed by atoms with Crippen molar-refractivity contribution in [3.8, 4) is 0 Å². The van der Waals surface area contributed by atoms with Gasteiger partial charge in [0.25, 0.3) is 0 Å². The van der Waals surface area contributed by atoms with Crippen molar-refractivity contribution in [2.24, 2.45) is 10.9 Å². The number of hydrogen-bond acceptors (Lipinski definition) is 5. The SMILES string of the molecule is CCNC(=NCCCOCC1CCOC1)NCCN1CCN(C(C)=O)CC1. The number of amides is 1. The summed E-state index contributed by atoms with van der Waals surface area (Å²) < 4.78 is 11.1. The van der Waals surface area contributed by atoms with Gasteiger partial charge in [-0.25, -0.2) is 0 Å². The zero-order chi connectivity index (χ0) is 19.3. The number of piperazine rings is 1. The molecule has 2 N–H and O–H groups in total. The third kappa shape index (κ3) is 8.90. The van der Waals surface area contributed by atoms with Crippen LogP contribution in [0.2, 0.25) is 0 Å². The number of ether oxygens (including phenoxy) is 2. The second-order valence-corrected chi connectivity index (χ2v) is 7.19. The molecule has 156 valence electrons. The molecule has 2 aliphatic heterocycles. The quantitative estimate of drug-likeness (QED) is 0.318. The molecule has 1 amide bonds. The maximum absolute atomic E-state index is 11.4. The average Bonchev–Trinajstić information content (AvgIpc) is 3.18. The van der Waals surface area contributed by atoms with Gasteiger partial charge in [-0.3, -0.25) is 14.7 Å². The summed E-state index contributed by atoms with van der Waals surface area (Å²) >= 11 is 0. The number of nitrogens with zero attached hydrogens (tertiary/aromatic N) is 3. The number of nitrogens with one attached hydrogen (secondary N) is 2. The highest BCUT2D eigenvalue weighted by Crippen LogP contribution is 2.12. The molecule has 0 aromatic heterocycles. The number of hydrogen-bond donors (Lipinski definition) is 2. The second-order valence-electron chi connectivity index (χ2n) is 7.19. The molecule has 8 nitrogen and oxygen atoms in total. The van der Waals surface area contributed by atoms with Crippen molar-refractivity contribution in [3.63, 3.8) is 0 Å². The molecule has 8 heteroatoms. The molecule has 0 aromatic rings. The molecule has 2 saturated heterocycles. The van der Waals surface area contributed by atoms with Gasteiger partial charge in [-0.15, -0.1) is 0 Å². The summed E-state index contributed by atoms with van der Waals surface area (Å²) in [7, 11) is 0. The molecule has 0 bridgehead atoms. The highest BCUT2D eigenvalue weighted by molar-refractivity contribution is 5.79. The lowest BCUT2D eigenvalue weighted by Crippen LogP contribution is -2.50. The van der Waals surface area contributed by atoms with Gasteiger partial charge >= 0.3 is 0 Å². The van der Waals surface area contributed by atoms with E-state index in [1.54, 1.807) is 6.92 Å². The first-order valence-electron chi connectivity index (χ1n) is 10.3. The Morgan fingerprint density at radius 1 is 1.26 bits per heavy atom. The van der Waals surface area contributed by atoms with Gasteiger partial charge in [-0.1, -0.05) is 0 Å². The van der Waals surface area contributed by atoms with E-state index in [0.29, 0.717) is 5.92 Å². The maximum atomic E-state index is 11.4. The van der Waals surface area contributed by atoms with Gasteiger partial charge in [0.2, 0.25) is 5.91 Å². The van der Waals surface area contributed by atoms with Gasteiger partial charge in [-0.2, -0.15) is 0 Å². The molecule has 2 aliphatic rings. The minimum atomic E-state index is 0.176. The van der Waals surface area contributed by atoms with Crippen molar-refractivity contribution in [2.75, 3.05) is 78.8 Å². The van der Waals surface area contributed by atoms with Crippen molar-refractivity contribution in [2.45, 2.75) is 26.7 Å². The third-order valence-corrected chi connectivity index (χ3v) is 4.98. The summed E-state index contributed by atoms with van der Waals surface area (Å²) in [5.74, 6) is 1.61. The Morgan fingerprint density at radius 3 is 2.74 bits per heavy atom. The minimum Gasteiger partial charge on any atom is -0.381 e. The predicted molar refractivity (Wildman–Crippen MR) is 107 cm³/mol. The fraction of sp³-hybridized carbons (Fsp3) is 0.895. The van der Waals surface area contributed by atoms with Crippen molar-refractivity contribution < 1.29 is 14.3 Å². The molecule has 2 heterocycles. The molecule has 27 heavy (non-hydrogen) atoms. The number of rotatable bonds is 10. The van der Waals surface area contributed by atoms with Crippen LogP contribution in [0.25, 0.3) is 0 Å². The van der Waals surface area contributed by atoms with E-state index in [-0.39, 0.29) is 5.91 Å². The molecule has 0 saturated carbocycles. The van der Waals surface area contributed by atoms with E-state index in [1.807, 2.05) is 4.90 Å². The first-order valence-corrected chi connectivity index (χ1v) is 10.3. The lowest BCUT2D eigenvalue weighted by molar-refractivity contribution is -0.130. The summed E-state index contributed by atoms with van der Waals surface area (Å²) in [6, 6.07) is 0. The van der Waals surface area contributed by atoms with E-state index < -0.39 is 0 Å². The largest absolute Gasteiger partial charge is 0.381 e. The summed E-state index contributed by atoms with van der Waals surface area (Å²) in [5.41, 5.74) is 0. The molecule has 0 aliphatic carbocycles. The third-order valence-electron chi connectivity index (χ3n) is 4.98. The number of aliphatic imine (C=N–C) groups is 1. The van der Waals surface area contributed by atoms with Crippen LogP contribution in [0.1, 0.15) is 26.7 Å². The Morgan fingerprint density at radius 2 is 2.07 bits per heavy atom. The maximum Gasteiger partial charge on any atom is 0.219 e. The molecule has 2 rings (SSSR count). The van der Waals surface area contributed by atoms with Gasteiger partial charge in [0.15, 0.2) is 5.96 Å². The Kier molecular flexibility index (Phi) is 10.5. The van der Waals surface area contributed by atoms with Crippen LogP contribution < -0.4 is 10.6 Å². The van der Waals surface area contributed by atoms with E-state index in [9.17, 15) is 4.79 Å².